The Labute approximate surface area is 166 Å². The van der Waals surface area contributed by atoms with Crippen molar-refractivity contribution >= 4 is 5.69 Å². The maximum Gasteiger partial charge on any atom is 0.0850 e. The summed E-state index contributed by atoms with van der Waals surface area (Å²) >= 11 is 0. The average molecular weight is 365 g/mol. The zero-order valence-corrected chi connectivity index (χ0v) is 17.7. The van der Waals surface area contributed by atoms with Crippen LogP contribution in [0.15, 0.2) is 96.7 Å². The molecule has 0 atom stereocenters. The third-order valence-electron chi connectivity index (χ3n) is 2.99. The van der Waals surface area contributed by atoms with Gasteiger partial charge in [0.15, 0.2) is 0 Å². The second-order valence-electron chi connectivity index (χ2n) is 5.44. The van der Waals surface area contributed by atoms with Crippen LogP contribution in [0.2, 0.25) is 0 Å². The smallest absolute Gasteiger partial charge is 0.0850 e. The lowest BCUT2D eigenvalue weighted by molar-refractivity contribution is 1.04. The predicted molar refractivity (Wildman–Crippen MR) is 122 cm³/mol. The molecule has 0 aliphatic heterocycles. The first kappa shape index (κ1) is 26.5. The zero-order valence-electron chi connectivity index (χ0n) is 17.7. The fourth-order valence-electron chi connectivity index (χ4n) is 1.70. The highest BCUT2D eigenvalue weighted by atomic mass is 14.9. The molecule has 0 aromatic heterocycles. The number of hydrogen-bond donors (Lipinski definition) is 1. The van der Waals surface area contributed by atoms with E-state index in [1.54, 1.807) is 6.08 Å². The zero-order chi connectivity index (χ0) is 20.8. The summed E-state index contributed by atoms with van der Waals surface area (Å²) in [5.41, 5.74) is 9.87. The van der Waals surface area contributed by atoms with E-state index in [9.17, 15) is 0 Å². The molecule has 0 fully saturated rings. The van der Waals surface area contributed by atoms with Gasteiger partial charge in [0.1, 0.15) is 0 Å². The van der Waals surface area contributed by atoms with Crippen LogP contribution in [-0.4, -0.2) is 0 Å². The Hall–Kier alpha value is -2.74. The fourth-order valence-corrected chi connectivity index (χ4v) is 1.70. The van der Waals surface area contributed by atoms with E-state index in [-0.39, 0.29) is 0 Å². The molecule has 1 aliphatic carbocycles. The Morgan fingerprint density at radius 3 is 1.48 bits per heavy atom. The van der Waals surface area contributed by atoms with Crippen LogP contribution in [-0.2, 0) is 0 Å². The molecule has 0 saturated carbocycles. The van der Waals surface area contributed by atoms with Gasteiger partial charge in [-0.25, -0.2) is 5.53 Å². The van der Waals surface area contributed by atoms with Crippen molar-refractivity contribution < 1.29 is 0 Å². The van der Waals surface area contributed by atoms with E-state index in [0.717, 1.165) is 0 Å². The molecule has 0 spiro atoms. The molecule has 2 nitrogen and oxygen atoms in total. The van der Waals surface area contributed by atoms with Crippen LogP contribution in [0.4, 0.5) is 5.69 Å². The first-order valence-electron chi connectivity index (χ1n) is 9.48. The second-order valence-corrected chi connectivity index (χ2v) is 5.44. The van der Waals surface area contributed by atoms with Crippen molar-refractivity contribution in [1.82, 2.24) is 0 Å². The van der Waals surface area contributed by atoms with Crippen LogP contribution in [0.1, 0.15) is 44.7 Å². The Kier molecular flexibility index (Phi) is 20.9. The van der Waals surface area contributed by atoms with Gasteiger partial charge in [-0.3, -0.25) is 0 Å². The normalized spacial score (nSPS) is 10.1. The SMILES string of the molecule is C1=CCCC=C1.C=CC.CC.Cc1ccc(N=N)cc1.Cc1ccccc1. The molecular formula is C25H36N2. The number of aryl methyl sites for hydroxylation is 2. The monoisotopic (exact) mass is 364 g/mol. The summed E-state index contributed by atoms with van der Waals surface area (Å²) in [6.07, 6.45) is 12.8. The number of nitrogens with zero attached hydrogens (tertiary/aromatic N) is 1. The summed E-state index contributed by atoms with van der Waals surface area (Å²) in [5, 5.41) is 3.26. The van der Waals surface area contributed by atoms with Crippen molar-refractivity contribution in [3.63, 3.8) is 0 Å². The van der Waals surface area contributed by atoms with Gasteiger partial charge in [0.05, 0.1) is 5.69 Å². The van der Waals surface area contributed by atoms with E-state index in [1.807, 2.05) is 70.2 Å². The highest BCUT2D eigenvalue weighted by molar-refractivity contribution is 5.37. The van der Waals surface area contributed by atoms with E-state index in [2.05, 4.69) is 55.1 Å². The van der Waals surface area contributed by atoms with Crippen LogP contribution in [0, 0.1) is 19.4 Å². The molecule has 27 heavy (non-hydrogen) atoms. The largest absolute Gasteiger partial charge is 0.204 e. The lowest BCUT2D eigenvalue weighted by Gasteiger charge is -1.89. The number of allylic oxidation sites excluding steroid dienone is 5. The van der Waals surface area contributed by atoms with E-state index in [4.69, 9.17) is 5.53 Å². The van der Waals surface area contributed by atoms with Crippen LogP contribution in [0.3, 0.4) is 0 Å². The minimum absolute atomic E-state index is 0.709. The number of benzene rings is 2. The molecule has 0 unspecified atom stereocenters. The molecule has 0 amide bonds. The molecule has 3 rings (SSSR count). The second kappa shape index (κ2) is 21.3. The van der Waals surface area contributed by atoms with Crippen molar-refractivity contribution in [2.75, 3.05) is 0 Å². The highest BCUT2D eigenvalue weighted by Crippen LogP contribution is 2.10. The molecule has 1 aliphatic rings. The number of hydrogen-bond acceptors (Lipinski definition) is 2. The van der Waals surface area contributed by atoms with Crippen molar-refractivity contribution in [3.05, 3.63) is 103 Å². The standard InChI is InChI=1S/C7H8N2.C7H8.C6H8.C3H6.C2H6/c1-6-2-4-7(9-8)5-3-6;1-7-5-3-2-4-6-7;1-2-4-6-5-3-1;1-3-2;1-2/h2-5,8H,1H3;2-6H,1H3;1-4H,5-6H2;3H,1H2,2H3;1-2H3. The Bertz CT molecular complexity index is 611. The summed E-state index contributed by atoms with van der Waals surface area (Å²) < 4.78 is 0. The molecular weight excluding hydrogens is 328 g/mol. The Morgan fingerprint density at radius 1 is 0.815 bits per heavy atom. The van der Waals surface area contributed by atoms with E-state index >= 15 is 0 Å². The quantitative estimate of drug-likeness (QED) is 0.388. The Morgan fingerprint density at radius 2 is 1.22 bits per heavy atom. The van der Waals surface area contributed by atoms with Crippen LogP contribution >= 0.6 is 0 Å². The third-order valence-corrected chi connectivity index (χ3v) is 2.99. The van der Waals surface area contributed by atoms with Gasteiger partial charge in [-0.2, -0.15) is 5.11 Å². The van der Waals surface area contributed by atoms with Crippen LogP contribution in [0.5, 0.6) is 0 Å². The van der Waals surface area contributed by atoms with E-state index < -0.39 is 0 Å². The molecule has 0 radical (unpaired) electrons. The van der Waals surface area contributed by atoms with Gasteiger partial charge in [0.2, 0.25) is 0 Å². The fraction of sp³-hybridized carbons (Fsp3) is 0.280. The van der Waals surface area contributed by atoms with Gasteiger partial charge < -0.3 is 0 Å². The summed E-state index contributed by atoms with van der Waals surface area (Å²) in [7, 11) is 0. The maximum atomic E-state index is 6.64. The molecule has 0 saturated heterocycles. The lowest BCUT2D eigenvalue weighted by Crippen LogP contribution is -1.67. The Balaban J connectivity index is 0. The summed E-state index contributed by atoms with van der Waals surface area (Å²) in [6.45, 7) is 13.3. The number of nitrogens with one attached hydrogen (secondary N) is 1. The molecule has 2 aromatic rings. The van der Waals surface area contributed by atoms with Crippen molar-refractivity contribution in [1.29, 1.82) is 5.53 Å². The topological polar surface area (TPSA) is 36.2 Å². The summed E-state index contributed by atoms with van der Waals surface area (Å²) in [6, 6.07) is 17.8. The van der Waals surface area contributed by atoms with Crippen LogP contribution < -0.4 is 0 Å². The van der Waals surface area contributed by atoms with Gasteiger partial charge in [-0.15, -0.1) is 6.58 Å². The molecule has 1 N–H and O–H groups in total. The first-order valence-corrected chi connectivity index (χ1v) is 9.48. The van der Waals surface area contributed by atoms with Crippen molar-refractivity contribution in [3.8, 4) is 0 Å². The first-order chi connectivity index (χ1) is 13.1. The maximum absolute atomic E-state index is 6.64. The molecule has 146 valence electrons. The minimum Gasteiger partial charge on any atom is -0.204 e. The summed E-state index contributed by atoms with van der Waals surface area (Å²) in [4.78, 5) is 0. The average Bonchev–Trinajstić information content (AvgIpc) is 2.74. The van der Waals surface area contributed by atoms with E-state index in [0.29, 0.717) is 5.69 Å². The molecule has 0 bridgehead atoms. The van der Waals surface area contributed by atoms with E-state index in [1.165, 1.54) is 24.0 Å². The highest BCUT2D eigenvalue weighted by Gasteiger charge is 1.84. The molecule has 2 heteroatoms. The van der Waals surface area contributed by atoms with Gasteiger partial charge in [-0.1, -0.05) is 97.8 Å². The van der Waals surface area contributed by atoms with Gasteiger partial charge in [-0.05, 0) is 45.7 Å². The molecule has 0 heterocycles. The molecule has 2 aromatic carbocycles. The van der Waals surface area contributed by atoms with Crippen LogP contribution in [0.25, 0.3) is 0 Å². The lowest BCUT2D eigenvalue weighted by atomic mass is 10.2. The number of rotatable bonds is 1. The van der Waals surface area contributed by atoms with Gasteiger partial charge in [0.25, 0.3) is 0 Å². The van der Waals surface area contributed by atoms with Crippen molar-refractivity contribution in [2.24, 2.45) is 5.11 Å². The predicted octanol–water partition coefficient (Wildman–Crippen LogP) is 8.76. The van der Waals surface area contributed by atoms with Gasteiger partial charge in [0, 0.05) is 0 Å². The third kappa shape index (κ3) is 19.4. The van der Waals surface area contributed by atoms with Gasteiger partial charge >= 0.3 is 0 Å². The minimum atomic E-state index is 0.709. The van der Waals surface area contributed by atoms with Crippen molar-refractivity contribution in [2.45, 2.75) is 47.5 Å². The summed E-state index contributed by atoms with van der Waals surface area (Å²) in [5.74, 6) is 0.